The molecular weight excluding hydrogens is 354 g/mol. The van der Waals surface area contributed by atoms with E-state index in [9.17, 15) is 9.59 Å². The average Bonchev–Trinajstić information content (AvgIpc) is 2.97. The lowest BCUT2D eigenvalue weighted by Crippen LogP contribution is -2.30. The van der Waals surface area contributed by atoms with Crippen LogP contribution in [-0.4, -0.2) is 30.8 Å². The third-order valence-corrected chi connectivity index (χ3v) is 5.15. The van der Waals surface area contributed by atoms with E-state index in [-0.39, 0.29) is 12.5 Å². The van der Waals surface area contributed by atoms with Gasteiger partial charge in [-0.05, 0) is 48.2 Å². The number of ether oxygens (including phenoxy) is 1. The number of rotatable bonds is 7. The summed E-state index contributed by atoms with van der Waals surface area (Å²) in [6.07, 6.45) is 0. The molecule has 0 aliphatic rings. The van der Waals surface area contributed by atoms with Gasteiger partial charge in [-0.3, -0.25) is 4.79 Å². The summed E-state index contributed by atoms with van der Waals surface area (Å²) in [5, 5.41) is 5.24. The van der Waals surface area contributed by atoms with Crippen LogP contribution in [0.3, 0.4) is 0 Å². The lowest BCUT2D eigenvalue weighted by atomic mass is 10.3. The molecule has 0 saturated heterocycles. The van der Waals surface area contributed by atoms with Crippen molar-refractivity contribution in [2.24, 2.45) is 0 Å². The van der Waals surface area contributed by atoms with E-state index in [4.69, 9.17) is 16.3 Å². The fourth-order valence-electron chi connectivity index (χ4n) is 1.72. The highest BCUT2D eigenvalue weighted by molar-refractivity contribution is 7.99. The van der Waals surface area contributed by atoms with Crippen LogP contribution in [0.4, 0.5) is 0 Å². The summed E-state index contributed by atoms with van der Waals surface area (Å²) in [6.45, 7) is 2.07. The first-order chi connectivity index (χ1) is 11.1. The quantitative estimate of drug-likeness (QED) is 0.458. The Bertz CT molecular complexity index is 670. The molecule has 1 heterocycles. The minimum Gasteiger partial charge on any atom is -0.451 e. The van der Waals surface area contributed by atoms with Crippen molar-refractivity contribution in [3.63, 3.8) is 0 Å². The molecule has 7 heteroatoms. The maximum atomic E-state index is 11.8. The Kier molecular flexibility index (Phi) is 6.95. The maximum absolute atomic E-state index is 11.8. The van der Waals surface area contributed by atoms with Gasteiger partial charge >= 0.3 is 5.97 Å². The number of thiophene rings is 1. The number of thioether (sulfide) groups is 1. The molecule has 0 bridgehead atoms. The molecule has 0 unspecified atom stereocenters. The molecule has 0 fully saturated rings. The molecule has 1 amide bonds. The molecule has 2 rings (SSSR count). The van der Waals surface area contributed by atoms with Crippen molar-refractivity contribution in [2.75, 3.05) is 18.9 Å². The van der Waals surface area contributed by atoms with Crippen molar-refractivity contribution in [3.05, 3.63) is 51.2 Å². The van der Waals surface area contributed by atoms with E-state index in [1.807, 2.05) is 42.6 Å². The average molecular weight is 370 g/mol. The fourth-order valence-corrected chi connectivity index (χ4v) is 3.43. The predicted octanol–water partition coefficient (Wildman–Crippen LogP) is 3.78. The van der Waals surface area contributed by atoms with Gasteiger partial charge in [-0.1, -0.05) is 11.6 Å². The van der Waals surface area contributed by atoms with Crippen molar-refractivity contribution >= 4 is 46.6 Å². The molecule has 0 radical (unpaired) electrons. The third kappa shape index (κ3) is 5.89. The van der Waals surface area contributed by atoms with E-state index in [0.717, 1.165) is 16.2 Å². The van der Waals surface area contributed by atoms with E-state index in [0.29, 0.717) is 16.4 Å². The highest BCUT2D eigenvalue weighted by atomic mass is 35.5. The topological polar surface area (TPSA) is 55.4 Å². The van der Waals surface area contributed by atoms with E-state index in [1.54, 1.807) is 11.8 Å². The van der Waals surface area contributed by atoms with Gasteiger partial charge in [0.05, 0.1) is 0 Å². The van der Waals surface area contributed by atoms with Gasteiger partial charge in [-0.15, -0.1) is 23.1 Å². The Labute approximate surface area is 148 Å². The standard InChI is InChI=1S/C16H16ClNO3S2/c1-11-6-8-23-15(11)16(20)21-10-14(19)18-7-9-22-13-4-2-12(17)3-5-13/h2-6,8H,7,9-10H2,1H3,(H,18,19). The molecule has 2 aromatic rings. The van der Waals surface area contributed by atoms with Crippen LogP contribution in [0.2, 0.25) is 5.02 Å². The van der Waals surface area contributed by atoms with Crippen molar-refractivity contribution in [3.8, 4) is 0 Å². The summed E-state index contributed by atoms with van der Waals surface area (Å²) in [7, 11) is 0. The number of carbonyl (C=O) groups excluding carboxylic acids is 2. The third-order valence-electron chi connectivity index (χ3n) is 2.89. The number of benzene rings is 1. The Balaban J connectivity index is 1.62. The molecule has 1 N–H and O–H groups in total. The summed E-state index contributed by atoms with van der Waals surface area (Å²) < 4.78 is 5.00. The van der Waals surface area contributed by atoms with E-state index in [2.05, 4.69) is 5.32 Å². The first kappa shape index (κ1) is 17.8. The first-order valence-electron chi connectivity index (χ1n) is 6.92. The minimum atomic E-state index is -0.455. The van der Waals surface area contributed by atoms with Crippen LogP contribution in [0, 0.1) is 6.92 Å². The number of amides is 1. The smallest absolute Gasteiger partial charge is 0.349 e. The predicted molar refractivity (Wildman–Crippen MR) is 94.5 cm³/mol. The lowest BCUT2D eigenvalue weighted by molar-refractivity contribution is -0.124. The van der Waals surface area contributed by atoms with Crippen molar-refractivity contribution < 1.29 is 14.3 Å². The molecule has 0 atom stereocenters. The zero-order valence-electron chi connectivity index (χ0n) is 12.5. The highest BCUT2D eigenvalue weighted by Crippen LogP contribution is 2.19. The maximum Gasteiger partial charge on any atom is 0.349 e. The normalized spacial score (nSPS) is 10.3. The van der Waals surface area contributed by atoms with Crippen LogP contribution in [0.25, 0.3) is 0 Å². The fraction of sp³-hybridized carbons (Fsp3) is 0.250. The molecule has 4 nitrogen and oxygen atoms in total. The zero-order chi connectivity index (χ0) is 16.7. The molecule has 0 spiro atoms. The molecule has 0 saturated carbocycles. The monoisotopic (exact) mass is 369 g/mol. The summed E-state index contributed by atoms with van der Waals surface area (Å²) in [5.74, 6) is -0.0295. The highest BCUT2D eigenvalue weighted by Gasteiger charge is 2.13. The molecule has 122 valence electrons. The second-order valence-electron chi connectivity index (χ2n) is 4.66. The number of carbonyl (C=O) groups is 2. The van der Waals surface area contributed by atoms with E-state index >= 15 is 0 Å². The van der Waals surface area contributed by atoms with E-state index in [1.165, 1.54) is 11.3 Å². The Morgan fingerprint density at radius 2 is 2.00 bits per heavy atom. The zero-order valence-corrected chi connectivity index (χ0v) is 14.9. The number of nitrogens with one attached hydrogen (secondary N) is 1. The van der Waals surface area contributed by atoms with Gasteiger partial charge in [0, 0.05) is 22.2 Å². The van der Waals surface area contributed by atoms with Gasteiger partial charge in [-0.25, -0.2) is 4.79 Å². The first-order valence-corrected chi connectivity index (χ1v) is 9.17. The summed E-state index contributed by atoms with van der Waals surface area (Å²) in [4.78, 5) is 25.0. The van der Waals surface area contributed by atoms with Gasteiger partial charge in [0.25, 0.3) is 5.91 Å². The van der Waals surface area contributed by atoms with Gasteiger partial charge in [0.15, 0.2) is 6.61 Å². The van der Waals surface area contributed by atoms with Crippen LogP contribution in [-0.2, 0) is 9.53 Å². The SMILES string of the molecule is Cc1ccsc1C(=O)OCC(=O)NCCSc1ccc(Cl)cc1. The summed E-state index contributed by atoms with van der Waals surface area (Å²) >= 11 is 8.74. The van der Waals surface area contributed by atoms with Gasteiger partial charge < -0.3 is 10.1 Å². The summed E-state index contributed by atoms with van der Waals surface area (Å²) in [5.41, 5.74) is 0.861. The van der Waals surface area contributed by atoms with Crippen LogP contribution in [0.1, 0.15) is 15.2 Å². The number of halogens is 1. The molecule has 0 aliphatic carbocycles. The van der Waals surface area contributed by atoms with Crippen LogP contribution >= 0.6 is 34.7 Å². The molecule has 1 aromatic carbocycles. The molecule has 23 heavy (non-hydrogen) atoms. The Morgan fingerprint density at radius 3 is 2.65 bits per heavy atom. The second-order valence-corrected chi connectivity index (χ2v) is 7.18. The lowest BCUT2D eigenvalue weighted by Gasteiger charge is -2.06. The number of hydrogen-bond donors (Lipinski definition) is 1. The number of hydrogen-bond acceptors (Lipinski definition) is 5. The number of esters is 1. The van der Waals surface area contributed by atoms with Crippen molar-refractivity contribution in [1.29, 1.82) is 0 Å². The van der Waals surface area contributed by atoms with Crippen LogP contribution < -0.4 is 5.32 Å². The van der Waals surface area contributed by atoms with Crippen molar-refractivity contribution in [2.45, 2.75) is 11.8 Å². The van der Waals surface area contributed by atoms with Crippen molar-refractivity contribution in [1.82, 2.24) is 5.32 Å². The van der Waals surface area contributed by atoms with Crippen LogP contribution in [0.15, 0.2) is 40.6 Å². The Morgan fingerprint density at radius 1 is 1.26 bits per heavy atom. The molecular formula is C16H16ClNO3S2. The number of aryl methyl sites for hydroxylation is 1. The van der Waals surface area contributed by atoms with Gasteiger partial charge in [0.2, 0.25) is 0 Å². The second kappa shape index (κ2) is 8.96. The Hall–Kier alpha value is -1.50. The van der Waals surface area contributed by atoms with Gasteiger partial charge in [-0.2, -0.15) is 0 Å². The molecule has 0 aliphatic heterocycles. The molecule has 1 aromatic heterocycles. The minimum absolute atomic E-state index is 0.262. The van der Waals surface area contributed by atoms with E-state index < -0.39 is 5.97 Å². The largest absolute Gasteiger partial charge is 0.451 e. The van der Waals surface area contributed by atoms with Crippen LogP contribution in [0.5, 0.6) is 0 Å². The summed E-state index contributed by atoms with van der Waals surface area (Å²) in [6, 6.07) is 9.36. The van der Waals surface area contributed by atoms with Gasteiger partial charge in [0.1, 0.15) is 4.88 Å².